The summed E-state index contributed by atoms with van der Waals surface area (Å²) in [4.78, 5) is 5.04. The van der Waals surface area contributed by atoms with Crippen molar-refractivity contribution in [2.24, 2.45) is 0 Å². The number of hydrogen-bond acceptors (Lipinski definition) is 1. The van der Waals surface area contributed by atoms with Crippen LogP contribution in [-0.4, -0.2) is 4.98 Å². The van der Waals surface area contributed by atoms with E-state index in [-0.39, 0.29) is 5.82 Å². The number of para-hydroxylation sites is 1. The van der Waals surface area contributed by atoms with Gasteiger partial charge in [-0.15, -0.1) is 0 Å². The third-order valence-electron chi connectivity index (χ3n) is 9.34. The van der Waals surface area contributed by atoms with E-state index in [0.717, 1.165) is 32.9 Å². The fraction of sp³-hybridized carbons (Fsp3) is 0. The van der Waals surface area contributed by atoms with Gasteiger partial charge in [0.25, 0.3) is 0 Å². The van der Waals surface area contributed by atoms with Crippen LogP contribution in [0.4, 0.5) is 4.39 Å². The lowest BCUT2D eigenvalue weighted by atomic mass is 9.91. The molecule has 0 saturated carbocycles. The molecule has 8 aromatic carbocycles. The van der Waals surface area contributed by atoms with Crippen LogP contribution in [0.5, 0.6) is 0 Å². The molecule has 0 aliphatic heterocycles. The Balaban J connectivity index is 1.11. The summed E-state index contributed by atoms with van der Waals surface area (Å²) in [6, 6.07) is 58.7. The van der Waals surface area contributed by atoms with E-state index in [0.29, 0.717) is 0 Å². The summed E-state index contributed by atoms with van der Waals surface area (Å²) in [6.07, 6.45) is 0. The minimum atomic E-state index is -0.252. The van der Waals surface area contributed by atoms with Crippen molar-refractivity contribution in [3.63, 3.8) is 0 Å². The van der Waals surface area contributed by atoms with Crippen molar-refractivity contribution in [2.75, 3.05) is 0 Å². The predicted octanol–water partition coefficient (Wildman–Crippen LogP) is 12.5. The summed E-state index contributed by atoms with van der Waals surface area (Å²) in [6.45, 7) is 0. The van der Waals surface area contributed by atoms with Crippen LogP contribution in [0.3, 0.4) is 0 Å². The van der Waals surface area contributed by atoms with Gasteiger partial charge in [-0.25, -0.2) is 9.37 Å². The number of rotatable bonds is 4. The van der Waals surface area contributed by atoms with Crippen LogP contribution in [-0.2, 0) is 0 Å². The van der Waals surface area contributed by atoms with Crippen LogP contribution in [0.1, 0.15) is 0 Å². The van der Waals surface area contributed by atoms with E-state index in [4.69, 9.17) is 4.98 Å². The zero-order valence-electron chi connectivity index (χ0n) is 25.5. The van der Waals surface area contributed by atoms with Crippen molar-refractivity contribution in [1.82, 2.24) is 4.98 Å². The maximum atomic E-state index is 13.8. The van der Waals surface area contributed by atoms with Gasteiger partial charge in [0.15, 0.2) is 0 Å². The molecule has 0 N–H and O–H groups in total. The molecule has 0 unspecified atom stereocenters. The van der Waals surface area contributed by atoms with Crippen LogP contribution >= 0.6 is 0 Å². The molecule has 2 heteroatoms. The quantitative estimate of drug-likeness (QED) is 0.183. The highest BCUT2D eigenvalue weighted by atomic mass is 19.1. The molecule has 0 atom stereocenters. The molecule has 1 nitrogen and oxygen atoms in total. The van der Waals surface area contributed by atoms with Gasteiger partial charge in [-0.3, -0.25) is 0 Å². The van der Waals surface area contributed by atoms with E-state index in [9.17, 15) is 4.39 Å². The number of nitrogens with zero attached hydrogens (tertiary/aromatic N) is 1. The Morgan fingerprint density at radius 1 is 0.362 bits per heavy atom. The summed E-state index contributed by atoms with van der Waals surface area (Å²) in [5.41, 5.74) is 9.86. The highest BCUT2D eigenvalue weighted by Gasteiger charge is 2.15. The van der Waals surface area contributed by atoms with Gasteiger partial charge in [-0.1, -0.05) is 133 Å². The molecule has 9 aromatic rings. The van der Waals surface area contributed by atoms with E-state index in [2.05, 4.69) is 140 Å². The van der Waals surface area contributed by atoms with Crippen molar-refractivity contribution >= 4 is 43.2 Å². The predicted molar refractivity (Wildman–Crippen MR) is 196 cm³/mol. The number of pyridine rings is 1. The molecule has 47 heavy (non-hydrogen) atoms. The summed E-state index contributed by atoms with van der Waals surface area (Å²) < 4.78 is 13.8. The van der Waals surface area contributed by atoms with Crippen LogP contribution in [0.15, 0.2) is 170 Å². The maximum Gasteiger partial charge on any atom is 0.123 e. The third kappa shape index (κ3) is 4.74. The Morgan fingerprint density at radius 3 is 1.70 bits per heavy atom. The first kappa shape index (κ1) is 27.2. The lowest BCUT2D eigenvalue weighted by Gasteiger charge is -2.15. The smallest absolute Gasteiger partial charge is 0.123 e. The van der Waals surface area contributed by atoms with Crippen LogP contribution in [0.2, 0.25) is 0 Å². The van der Waals surface area contributed by atoms with Gasteiger partial charge in [-0.05, 0) is 91.3 Å². The first-order valence-corrected chi connectivity index (χ1v) is 15.9. The molecular formula is C45H28FN. The molecule has 0 radical (unpaired) electrons. The average molecular weight is 602 g/mol. The molecule has 1 aromatic heterocycles. The first-order chi connectivity index (χ1) is 23.2. The van der Waals surface area contributed by atoms with Crippen molar-refractivity contribution in [2.45, 2.75) is 0 Å². The molecular weight excluding hydrogens is 574 g/mol. The fourth-order valence-corrected chi connectivity index (χ4v) is 6.95. The first-order valence-electron chi connectivity index (χ1n) is 15.9. The van der Waals surface area contributed by atoms with Crippen LogP contribution in [0, 0.1) is 5.82 Å². The second-order valence-corrected chi connectivity index (χ2v) is 12.1. The standard InChI is InChI=1S/C45H28FN/c46-37-24-22-34(23-25-37)45-42-27-26-39-38(9-5-10-40(39)44(42)41-8-3-4-11-43(41)47-45)33-19-16-31(17-20-33)30-12-14-32(15-13-30)36-21-18-29-6-1-2-7-35(29)28-36/h1-28H. The Kier molecular flexibility index (Phi) is 6.39. The molecule has 0 saturated heterocycles. The van der Waals surface area contributed by atoms with E-state index in [1.54, 1.807) is 0 Å². The highest BCUT2D eigenvalue weighted by molar-refractivity contribution is 6.24. The van der Waals surface area contributed by atoms with E-state index < -0.39 is 0 Å². The van der Waals surface area contributed by atoms with Crippen molar-refractivity contribution < 1.29 is 4.39 Å². The number of aromatic nitrogens is 1. The van der Waals surface area contributed by atoms with Gasteiger partial charge in [0.1, 0.15) is 5.82 Å². The van der Waals surface area contributed by atoms with Crippen LogP contribution < -0.4 is 0 Å². The SMILES string of the molecule is Fc1ccc(-c2nc3ccccc3c3c2ccc2c(-c4ccc(-c5ccc(-c6ccc7ccccc7c6)cc5)cc4)cccc23)cc1. The largest absolute Gasteiger partial charge is 0.247 e. The number of fused-ring (bicyclic) bond motifs is 6. The molecule has 0 amide bonds. The minimum Gasteiger partial charge on any atom is -0.247 e. The normalized spacial score (nSPS) is 11.5. The van der Waals surface area contributed by atoms with Crippen molar-refractivity contribution in [3.8, 4) is 44.6 Å². The summed E-state index contributed by atoms with van der Waals surface area (Å²) in [5, 5.41) is 8.21. The monoisotopic (exact) mass is 601 g/mol. The number of halogens is 1. The molecule has 0 spiro atoms. The van der Waals surface area contributed by atoms with Gasteiger partial charge in [0.2, 0.25) is 0 Å². The molecule has 220 valence electrons. The van der Waals surface area contributed by atoms with Crippen molar-refractivity contribution in [3.05, 3.63) is 176 Å². The maximum absolute atomic E-state index is 13.8. The number of benzene rings is 8. The summed E-state index contributed by atoms with van der Waals surface area (Å²) in [7, 11) is 0. The third-order valence-corrected chi connectivity index (χ3v) is 9.34. The molecule has 0 aliphatic carbocycles. The van der Waals surface area contributed by atoms with Crippen LogP contribution in [0.25, 0.3) is 87.9 Å². The lowest BCUT2D eigenvalue weighted by molar-refractivity contribution is 0.628. The van der Waals surface area contributed by atoms with Gasteiger partial charge >= 0.3 is 0 Å². The lowest BCUT2D eigenvalue weighted by Crippen LogP contribution is -1.92. The highest BCUT2D eigenvalue weighted by Crippen LogP contribution is 2.40. The zero-order valence-corrected chi connectivity index (χ0v) is 25.5. The van der Waals surface area contributed by atoms with Gasteiger partial charge < -0.3 is 0 Å². The Hall–Kier alpha value is -6.12. The zero-order chi connectivity index (χ0) is 31.3. The molecule has 1 heterocycles. The molecule has 0 fully saturated rings. The second-order valence-electron chi connectivity index (χ2n) is 12.1. The topological polar surface area (TPSA) is 12.9 Å². The minimum absolute atomic E-state index is 0.252. The summed E-state index contributed by atoms with van der Waals surface area (Å²) in [5.74, 6) is -0.252. The van der Waals surface area contributed by atoms with E-state index in [1.165, 1.54) is 67.1 Å². The van der Waals surface area contributed by atoms with E-state index in [1.807, 2.05) is 18.2 Å². The van der Waals surface area contributed by atoms with Gasteiger partial charge in [0, 0.05) is 21.7 Å². The van der Waals surface area contributed by atoms with Gasteiger partial charge in [-0.2, -0.15) is 0 Å². The van der Waals surface area contributed by atoms with E-state index >= 15 is 0 Å². The number of hydrogen-bond donors (Lipinski definition) is 0. The Labute approximate surface area is 272 Å². The average Bonchev–Trinajstić information content (AvgIpc) is 3.14. The fourth-order valence-electron chi connectivity index (χ4n) is 6.95. The molecule has 0 bridgehead atoms. The van der Waals surface area contributed by atoms with Gasteiger partial charge in [0.05, 0.1) is 11.2 Å². The summed E-state index contributed by atoms with van der Waals surface area (Å²) >= 11 is 0. The molecule has 9 rings (SSSR count). The Bertz CT molecular complexity index is 2600. The Morgan fingerprint density at radius 2 is 0.936 bits per heavy atom. The second kappa shape index (κ2) is 11.0. The molecule has 0 aliphatic rings. The van der Waals surface area contributed by atoms with Crippen molar-refractivity contribution in [1.29, 1.82) is 0 Å².